The average Bonchev–Trinajstić information content (AvgIpc) is 3.21. The average molecular weight is 367 g/mol. The molecule has 0 fully saturated rings. The van der Waals surface area contributed by atoms with Crippen molar-refractivity contribution in [2.24, 2.45) is 0 Å². The predicted molar refractivity (Wildman–Crippen MR) is 90.3 cm³/mol. The van der Waals surface area contributed by atoms with Crippen LogP contribution >= 0.6 is 11.3 Å². The van der Waals surface area contributed by atoms with Gasteiger partial charge in [0, 0.05) is 10.9 Å². The molecule has 0 aliphatic carbocycles. The van der Waals surface area contributed by atoms with Crippen LogP contribution < -0.4 is 4.74 Å². The van der Waals surface area contributed by atoms with Crippen molar-refractivity contribution in [2.45, 2.75) is 25.9 Å². The standard InChI is InChI=1S/C17H16F3N3OS/c1-10(2)13-8-15(17(18,19)20)23(22-13)16-21-14(9-25-16)11-4-6-12(24-3)7-5-11/h4-10H,1-3H3. The molecule has 0 bridgehead atoms. The van der Waals surface area contributed by atoms with E-state index in [0.29, 0.717) is 17.1 Å². The molecule has 0 unspecified atom stereocenters. The molecule has 4 nitrogen and oxygen atoms in total. The largest absolute Gasteiger partial charge is 0.497 e. The topological polar surface area (TPSA) is 39.9 Å². The quantitative estimate of drug-likeness (QED) is 0.640. The Labute approximate surface area is 146 Å². The molecule has 0 N–H and O–H groups in total. The van der Waals surface area contributed by atoms with Crippen LogP contribution in [0.4, 0.5) is 13.2 Å². The van der Waals surface area contributed by atoms with Gasteiger partial charge in [0.15, 0.2) is 5.69 Å². The van der Waals surface area contributed by atoms with Crippen molar-refractivity contribution in [1.29, 1.82) is 0 Å². The molecule has 8 heteroatoms. The third-order valence-electron chi connectivity index (χ3n) is 3.67. The van der Waals surface area contributed by atoms with Crippen molar-refractivity contribution in [3.05, 3.63) is 47.1 Å². The molecular formula is C17H16F3N3OS. The summed E-state index contributed by atoms with van der Waals surface area (Å²) in [5, 5.41) is 6.01. The second-order valence-corrected chi connectivity index (χ2v) is 6.60. The molecule has 0 spiro atoms. The lowest BCUT2D eigenvalue weighted by Gasteiger charge is -2.07. The van der Waals surface area contributed by atoms with Gasteiger partial charge >= 0.3 is 6.18 Å². The van der Waals surface area contributed by atoms with E-state index in [-0.39, 0.29) is 11.0 Å². The summed E-state index contributed by atoms with van der Waals surface area (Å²) in [4.78, 5) is 4.33. The first-order valence-electron chi connectivity index (χ1n) is 7.57. The molecule has 3 rings (SSSR count). The fraction of sp³-hybridized carbons (Fsp3) is 0.294. The fourth-order valence-corrected chi connectivity index (χ4v) is 3.08. The van der Waals surface area contributed by atoms with E-state index in [1.165, 1.54) is 0 Å². The second kappa shape index (κ2) is 6.51. The number of hydrogen-bond donors (Lipinski definition) is 0. The molecule has 0 amide bonds. The van der Waals surface area contributed by atoms with Gasteiger partial charge < -0.3 is 4.74 Å². The van der Waals surface area contributed by atoms with Gasteiger partial charge in [-0.1, -0.05) is 13.8 Å². The van der Waals surface area contributed by atoms with Crippen LogP contribution in [0.25, 0.3) is 16.4 Å². The van der Waals surface area contributed by atoms with E-state index in [9.17, 15) is 13.2 Å². The minimum absolute atomic E-state index is 0.108. The highest BCUT2D eigenvalue weighted by Crippen LogP contribution is 2.34. The molecule has 2 aromatic heterocycles. The number of ether oxygens (including phenoxy) is 1. The van der Waals surface area contributed by atoms with Crippen molar-refractivity contribution < 1.29 is 17.9 Å². The number of alkyl halides is 3. The molecule has 0 saturated carbocycles. The highest BCUT2D eigenvalue weighted by molar-refractivity contribution is 7.12. The predicted octanol–water partition coefficient (Wildman–Crippen LogP) is 5.15. The molecule has 132 valence electrons. The molecule has 0 saturated heterocycles. The van der Waals surface area contributed by atoms with Crippen LogP contribution in [-0.4, -0.2) is 21.9 Å². The first kappa shape index (κ1) is 17.5. The van der Waals surface area contributed by atoms with Gasteiger partial charge in [-0.2, -0.15) is 18.3 Å². The van der Waals surface area contributed by atoms with Crippen LogP contribution in [0.15, 0.2) is 35.7 Å². The zero-order valence-electron chi connectivity index (χ0n) is 13.8. The summed E-state index contributed by atoms with van der Waals surface area (Å²) in [5.41, 5.74) is 0.964. The van der Waals surface area contributed by atoms with Gasteiger partial charge in [-0.3, -0.25) is 0 Å². The zero-order chi connectivity index (χ0) is 18.2. The van der Waals surface area contributed by atoms with Crippen LogP contribution in [0.1, 0.15) is 31.2 Å². The second-order valence-electron chi connectivity index (χ2n) is 5.76. The summed E-state index contributed by atoms with van der Waals surface area (Å²) in [6.07, 6.45) is -4.49. The van der Waals surface area contributed by atoms with E-state index in [1.807, 2.05) is 12.1 Å². The highest BCUT2D eigenvalue weighted by Gasteiger charge is 2.37. The Morgan fingerprint density at radius 2 is 1.84 bits per heavy atom. The van der Waals surface area contributed by atoms with Gasteiger partial charge in [0.2, 0.25) is 5.13 Å². The van der Waals surface area contributed by atoms with Crippen LogP contribution in [0.3, 0.4) is 0 Å². The van der Waals surface area contributed by atoms with E-state index >= 15 is 0 Å². The monoisotopic (exact) mass is 367 g/mol. The highest BCUT2D eigenvalue weighted by atomic mass is 32.1. The normalized spacial score (nSPS) is 12.0. The number of nitrogens with zero attached hydrogens (tertiary/aromatic N) is 3. The van der Waals surface area contributed by atoms with E-state index in [2.05, 4.69) is 10.1 Å². The van der Waals surface area contributed by atoms with E-state index in [0.717, 1.165) is 27.6 Å². The van der Waals surface area contributed by atoms with Crippen molar-refractivity contribution in [3.8, 4) is 22.1 Å². The van der Waals surface area contributed by atoms with Gasteiger partial charge in [0.05, 0.1) is 18.5 Å². The molecule has 0 radical (unpaired) electrons. The number of benzene rings is 1. The number of halogens is 3. The number of methoxy groups -OCH3 is 1. The van der Waals surface area contributed by atoms with Gasteiger partial charge in [-0.25, -0.2) is 9.67 Å². The van der Waals surface area contributed by atoms with E-state index in [4.69, 9.17) is 4.74 Å². The van der Waals surface area contributed by atoms with Crippen LogP contribution in [0.5, 0.6) is 5.75 Å². The number of aromatic nitrogens is 3. The molecule has 0 atom stereocenters. The first-order valence-corrected chi connectivity index (χ1v) is 8.45. The molecule has 3 aromatic rings. The molecule has 0 aliphatic rings. The van der Waals surface area contributed by atoms with Crippen molar-refractivity contribution in [2.75, 3.05) is 7.11 Å². The third kappa shape index (κ3) is 3.53. The lowest BCUT2D eigenvalue weighted by Crippen LogP contribution is -2.13. The summed E-state index contributed by atoms with van der Waals surface area (Å²) >= 11 is 1.12. The summed E-state index contributed by atoms with van der Waals surface area (Å²) in [7, 11) is 1.57. The Kier molecular flexibility index (Phi) is 4.55. The van der Waals surface area contributed by atoms with Crippen LogP contribution in [0, 0.1) is 0 Å². The molecule has 25 heavy (non-hydrogen) atoms. The maximum Gasteiger partial charge on any atom is 0.433 e. The summed E-state index contributed by atoms with van der Waals surface area (Å²) < 4.78 is 46.0. The molecule has 2 heterocycles. The smallest absolute Gasteiger partial charge is 0.433 e. The number of rotatable bonds is 4. The van der Waals surface area contributed by atoms with Gasteiger partial charge in [-0.15, -0.1) is 11.3 Å². The fourth-order valence-electron chi connectivity index (χ4n) is 2.29. The first-order chi connectivity index (χ1) is 11.8. The minimum Gasteiger partial charge on any atom is -0.497 e. The molecule has 1 aromatic carbocycles. The number of hydrogen-bond acceptors (Lipinski definition) is 4. The SMILES string of the molecule is COc1ccc(-c2csc(-n3nc(C(C)C)cc3C(F)(F)F)n2)cc1. The lowest BCUT2D eigenvalue weighted by atomic mass is 10.1. The minimum atomic E-state index is -4.49. The summed E-state index contributed by atoms with van der Waals surface area (Å²) in [6.45, 7) is 3.61. The Morgan fingerprint density at radius 1 is 1.16 bits per heavy atom. The summed E-state index contributed by atoms with van der Waals surface area (Å²) in [6, 6.07) is 8.26. The Balaban J connectivity index is 2.01. The summed E-state index contributed by atoms with van der Waals surface area (Å²) in [5.74, 6) is 0.593. The Bertz CT molecular complexity index is 866. The molecular weight excluding hydrogens is 351 g/mol. The van der Waals surface area contributed by atoms with Crippen molar-refractivity contribution in [3.63, 3.8) is 0 Å². The van der Waals surface area contributed by atoms with Crippen LogP contribution in [-0.2, 0) is 6.18 Å². The van der Waals surface area contributed by atoms with E-state index < -0.39 is 11.9 Å². The van der Waals surface area contributed by atoms with Crippen molar-refractivity contribution in [1.82, 2.24) is 14.8 Å². The maximum atomic E-state index is 13.3. The van der Waals surface area contributed by atoms with Gasteiger partial charge in [-0.05, 0) is 36.2 Å². The molecule has 0 aliphatic heterocycles. The van der Waals surface area contributed by atoms with Crippen LogP contribution in [0.2, 0.25) is 0 Å². The third-order valence-corrected chi connectivity index (χ3v) is 4.49. The Hall–Kier alpha value is -2.35. The Morgan fingerprint density at radius 3 is 2.40 bits per heavy atom. The zero-order valence-corrected chi connectivity index (χ0v) is 14.6. The van der Waals surface area contributed by atoms with Crippen molar-refractivity contribution >= 4 is 11.3 Å². The maximum absolute atomic E-state index is 13.3. The van der Waals surface area contributed by atoms with Gasteiger partial charge in [0.25, 0.3) is 0 Å². The lowest BCUT2D eigenvalue weighted by molar-refractivity contribution is -0.142. The van der Waals surface area contributed by atoms with Gasteiger partial charge in [0.1, 0.15) is 5.75 Å². The number of thiazole rings is 1. The van der Waals surface area contributed by atoms with E-state index in [1.54, 1.807) is 38.5 Å².